The zero-order valence-electron chi connectivity index (χ0n) is 10.7. The highest BCUT2D eigenvalue weighted by atomic mass is 16.5. The molecule has 2 fully saturated rings. The normalized spacial score (nSPS) is 38.2. The van der Waals surface area contributed by atoms with Crippen LogP contribution in [0.5, 0.6) is 0 Å². The lowest BCUT2D eigenvalue weighted by Crippen LogP contribution is -2.43. The number of hydrogen-bond acceptors (Lipinski definition) is 3. The van der Waals surface area contributed by atoms with Crippen LogP contribution >= 0.6 is 0 Å². The van der Waals surface area contributed by atoms with Crippen LogP contribution in [-0.4, -0.2) is 49.8 Å². The minimum Gasteiger partial charge on any atom is -0.378 e. The minimum absolute atomic E-state index is 0.444. The number of ether oxygens (including phenoxy) is 1. The summed E-state index contributed by atoms with van der Waals surface area (Å²) in [6, 6.07) is 1.43. The molecule has 0 aromatic carbocycles. The number of nitrogens with zero attached hydrogens (tertiary/aromatic N) is 1. The van der Waals surface area contributed by atoms with Crippen molar-refractivity contribution in [2.24, 2.45) is 0 Å². The van der Waals surface area contributed by atoms with Crippen LogP contribution in [0.3, 0.4) is 0 Å². The summed E-state index contributed by atoms with van der Waals surface area (Å²) in [7, 11) is 2.24. The molecule has 0 radical (unpaired) electrons. The van der Waals surface area contributed by atoms with Crippen molar-refractivity contribution in [3.05, 3.63) is 0 Å². The maximum absolute atomic E-state index is 5.59. The van der Waals surface area contributed by atoms with Gasteiger partial charge in [-0.2, -0.15) is 0 Å². The average Bonchev–Trinajstić information content (AvgIpc) is 2.44. The second-order valence-corrected chi connectivity index (χ2v) is 5.50. The van der Waals surface area contributed by atoms with Crippen molar-refractivity contribution in [1.29, 1.82) is 0 Å². The summed E-state index contributed by atoms with van der Waals surface area (Å²) >= 11 is 0. The van der Waals surface area contributed by atoms with Crippen molar-refractivity contribution in [3.8, 4) is 0 Å². The van der Waals surface area contributed by atoms with Crippen LogP contribution in [0.15, 0.2) is 0 Å². The summed E-state index contributed by atoms with van der Waals surface area (Å²) < 4.78 is 5.59. The summed E-state index contributed by atoms with van der Waals surface area (Å²) in [6.45, 7) is 5.64. The molecule has 0 aromatic heterocycles. The Morgan fingerprint density at radius 2 is 2.00 bits per heavy atom. The van der Waals surface area contributed by atoms with E-state index in [9.17, 15) is 0 Å². The fourth-order valence-electron chi connectivity index (χ4n) is 2.89. The molecular formula is C13H26N2O. The molecule has 0 saturated carbocycles. The van der Waals surface area contributed by atoms with Crippen LogP contribution in [0.2, 0.25) is 0 Å². The Kier molecular flexibility index (Phi) is 4.62. The Hall–Kier alpha value is -0.120. The third-order valence-electron chi connectivity index (χ3n) is 3.91. The van der Waals surface area contributed by atoms with Crippen molar-refractivity contribution in [2.75, 3.05) is 26.7 Å². The van der Waals surface area contributed by atoms with E-state index < -0.39 is 0 Å². The lowest BCUT2D eigenvalue weighted by Gasteiger charge is -2.31. The monoisotopic (exact) mass is 226 g/mol. The van der Waals surface area contributed by atoms with Crippen molar-refractivity contribution in [1.82, 2.24) is 10.2 Å². The Morgan fingerprint density at radius 3 is 2.81 bits per heavy atom. The SMILES string of the molecule is CC1CC(NC2CCCN(C)CC2)CCO1. The number of hydrogen-bond donors (Lipinski definition) is 1. The molecule has 16 heavy (non-hydrogen) atoms. The van der Waals surface area contributed by atoms with Gasteiger partial charge in [-0.3, -0.25) is 0 Å². The second kappa shape index (κ2) is 5.99. The van der Waals surface area contributed by atoms with Crippen LogP contribution in [0.25, 0.3) is 0 Å². The molecule has 2 rings (SSSR count). The van der Waals surface area contributed by atoms with Gasteiger partial charge in [-0.1, -0.05) is 0 Å². The Balaban J connectivity index is 1.75. The van der Waals surface area contributed by atoms with Crippen LogP contribution in [0, 0.1) is 0 Å². The largest absolute Gasteiger partial charge is 0.378 e. The predicted molar refractivity (Wildman–Crippen MR) is 66.7 cm³/mol. The zero-order valence-corrected chi connectivity index (χ0v) is 10.7. The van der Waals surface area contributed by atoms with Gasteiger partial charge in [-0.25, -0.2) is 0 Å². The van der Waals surface area contributed by atoms with E-state index in [0.717, 1.165) is 12.6 Å². The second-order valence-electron chi connectivity index (χ2n) is 5.50. The van der Waals surface area contributed by atoms with Gasteiger partial charge in [0.1, 0.15) is 0 Å². The molecule has 3 nitrogen and oxygen atoms in total. The lowest BCUT2D eigenvalue weighted by molar-refractivity contribution is 0.0109. The van der Waals surface area contributed by atoms with Crippen molar-refractivity contribution in [2.45, 2.75) is 57.2 Å². The summed E-state index contributed by atoms with van der Waals surface area (Å²) in [4.78, 5) is 2.45. The van der Waals surface area contributed by atoms with Gasteiger partial charge in [0.15, 0.2) is 0 Å². The lowest BCUT2D eigenvalue weighted by atomic mass is 10.0. The molecule has 3 heteroatoms. The summed E-state index contributed by atoms with van der Waals surface area (Å²) in [5, 5.41) is 3.84. The van der Waals surface area contributed by atoms with Gasteiger partial charge < -0.3 is 15.0 Å². The van der Waals surface area contributed by atoms with Crippen LogP contribution < -0.4 is 5.32 Å². The Bertz CT molecular complexity index is 210. The molecule has 0 aromatic rings. The third-order valence-corrected chi connectivity index (χ3v) is 3.91. The highest BCUT2D eigenvalue weighted by Gasteiger charge is 2.23. The highest BCUT2D eigenvalue weighted by Crippen LogP contribution is 2.17. The number of nitrogens with one attached hydrogen (secondary N) is 1. The van der Waals surface area contributed by atoms with Crippen molar-refractivity contribution in [3.63, 3.8) is 0 Å². The molecule has 2 aliphatic rings. The molecule has 2 saturated heterocycles. The Labute approximate surface area is 99.5 Å². The quantitative estimate of drug-likeness (QED) is 0.774. The van der Waals surface area contributed by atoms with Gasteiger partial charge in [0.2, 0.25) is 0 Å². The molecule has 3 atom stereocenters. The molecule has 3 unspecified atom stereocenters. The summed E-state index contributed by atoms with van der Waals surface area (Å²) in [6.07, 6.45) is 6.81. The number of likely N-dealkylation sites (tertiary alicyclic amines) is 1. The van der Waals surface area contributed by atoms with E-state index in [0.29, 0.717) is 12.1 Å². The molecule has 0 aliphatic carbocycles. The van der Waals surface area contributed by atoms with Crippen LogP contribution in [0.4, 0.5) is 0 Å². The van der Waals surface area contributed by atoms with Gasteiger partial charge in [0, 0.05) is 18.7 Å². The van der Waals surface area contributed by atoms with Gasteiger partial charge in [0.05, 0.1) is 6.10 Å². The van der Waals surface area contributed by atoms with Gasteiger partial charge in [-0.15, -0.1) is 0 Å². The molecule has 2 heterocycles. The van der Waals surface area contributed by atoms with Crippen molar-refractivity contribution < 1.29 is 4.74 Å². The summed E-state index contributed by atoms with van der Waals surface area (Å²) in [5.41, 5.74) is 0. The molecular weight excluding hydrogens is 200 g/mol. The van der Waals surface area contributed by atoms with E-state index in [1.165, 1.54) is 45.2 Å². The predicted octanol–water partition coefficient (Wildman–Crippen LogP) is 1.63. The van der Waals surface area contributed by atoms with Crippen LogP contribution in [-0.2, 0) is 4.74 Å². The molecule has 94 valence electrons. The highest BCUT2D eigenvalue weighted by molar-refractivity contribution is 4.81. The zero-order chi connectivity index (χ0) is 11.4. The maximum Gasteiger partial charge on any atom is 0.0561 e. The first-order chi connectivity index (χ1) is 7.74. The molecule has 2 aliphatic heterocycles. The number of rotatable bonds is 2. The Morgan fingerprint density at radius 1 is 1.12 bits per heavy atom. The first kappa shape index (κ1) is 12.3. The average molecular weight is 226 g/mol. The third kappa shape index (κ3) is 3.72. The fourth-order valence-corrected chi connectivity index (χ4v) is 2.89. The smallest absolute Gasteiger partial charge is 0.0561 e. The van der Waals surface area contributed by atoms with E-state index in [4.69, 9.17) is 4.74 Å². The first-order valence-electron chi connectivity index (χ1n) is 6.80. The van der Waals surface area contributed by atoms with E-state index >= 15 is 0 Å². The topological polar surface area (TPSA) is 24.5 Å². The van der Waals surface area contributed by atoms with E-state index in [1.807, 2.05) is 0 Å². The molecule has 1 N–H and O–H groups in total. The molecule has 0 spiro atoms. The minimum atomic E-state index is 0.444. The van der Waals surface area contributed by atoms with E-state index in [2.05, 4.69) is 24.2 Å². The van der Waals surface area contributed by atoms with Gasteiger partial charge >= 0.3 is 0 Å². The van der Waals surface area contributed by atoms with Crippen LogP contribution in [0.1, 0.15) is 39.0 Å². The molecule has 0 bridgehead atoms. The van der Waals surface area contributed by atoms with Crippen molar-refractivity contribution >= 4 is 0 Å². The van der Waals surface area contributed by atoms with Gasteiger partial charge in [0.25, 0.3) is 0 Å². The maximum atomic E-state index is 5.59. The van der Waals surface area contributed by atoms with E-state index in [-0.39, 0.29) is 0 Å². The standard InChI is InChI=1S/C13H26N2O/c1-11-10-13(6-9-16-11)14-12-4-3-7-15(2)8-5-12/h11-14H,3-10H2,1-2H3. The summed E-state index contributed by atoms with van der Waals surface area (Å²) in [5.74, 6) is 0. The van der Waals surface area contributed by atoms with E-state index in [1.54, 1.807) is 0 Å². The molecule has 0 amide bonds. The fraction of sp³-hybridized carbons (Fsp3) is 1.00. The van der Waals surface area contributed by atoms with Gasteiger partial charge in [-0.05, 0) is 59.2 Å². The first-order valence-corrected chi connectivity index (χ1v) is 6.80.